The van der Waals surface area contributed by atoms with E-state index >= 15 is 0 Å². The molecular weight excluding hydrogens is 365 g/mol. The average molecular weight is 379 g/mol. The van der Waals surface area contributed by atoms with Gasteiger partial charge in [-0.15, -0.1) is 0 Å². The first-order chi connectivity index (χ1) is 13.1. The van der Waals surface area contributed by atoms with Gasteiger partial charge in [0.25, 0.3) is 5.91 Å². The van der Waals surface area contributed by atoms with E-state index in [1.807, 2.05) is 36.4 Å². The number of hydrogen-bond acceptors (Lipinski definition) is 4. The number of hydrogen-bond donors (Lipinski definition) is 2. The number of thiazole rings is 1. The highest BCUT2D eigenvalue weighted by Crippen LogP contribution is 2.31. The average Bonchev–Trinajstić information content (AvgIpc) is 3.09. The second-order valence-corrected chi connectivity index (χ2v) is 6.92. The zero-order chi connectivity index (χ0) is 18.8. The molecular formula is C20H14FN3O2S. The molecule has 1 heterocycles. The van der Waals surface area contributed by atoms with Crippen LogP contribution in [0.3, 0.4) is 0 Å². The molecule has 4 aromatic rings. The van der Waals surface area contributed by atoms with Gasteiger partial charge in [-0.1, -0.05) is 47.7 Å². The molecule has 134 valence electrons. The van der Waals surface area contributed by atoms with Crippen LogP contribution in [0.2, 0.25) is 0 Å². The third-order valence-electron chi connectivity index (χ3n) is 4.03. The van der Waals surface area contributed by atoms with E-state index in [2.05, 4.69) is 15.6 Å². The Bertz CT molecular complexity index is 1170. The van der Waals surface area contributed by atoms with Crippen molar-refractivity contribution in [2.45, 2.75) is 0 Å². The molecule has 0 aliphatic heterocycles. The van der Waals surface area contributed by atoms with E-state index in [1.54, 1.807) is 0 Å². The molecule has 27 heavy (non-hydrogen) atoms. The van der Waals surface area contributed by atoms with Crippen LogP contribution in [0.1, 0.15) is 10.4 Å². The van der Waals surface area contributed by atoms with Gasteiger partial charge in [-0.05, 0) is 29.7 Å². The topological polar surface area (TPSA) is 71.1 Å². The zero-order valence-electron chi connectivity index (χ0n) is 14.0. The number of fused-ring (bicyclic) bond motifs is 3. The molecule has 0 bridgehead atoms. The molecule has 2 N–H and O–H groups in total. The summed E-state index contributed by atoms with van der Waals surface area (Å²) in [6.07, 6.45) is 0. The summed E-state index contributed by atoms with van der Waals surface area (Å²) >= 11 is 1.37. The number of aromatic nitrogens is 1. The fourth-order valence-electron chi connectivity index (χ4n) is 2.77. The van der Waals surface area contributed by atoms with Crippen LogP contribution in [0.25, 0.3) is 21.0 Å². The first-order valence-electron chi connectivity index (χ1n) is 8.22. The van der Waals surface area contributed by atoms with Crippen LogP contribution in [-0.4, -0.2) is 23.3 Å². The Labute approximate surface area is 157 Å². The van der Waals surface area contributed by atoms with Crippen molar-refractivity contribution in [3.05, 3.63) is 72.0 Å². The number of nitrogens with zero attached hydrogens (tertiary/aromatic N) is 1. The number of benzene rings is 3. The monoisotopic (exact) mass is 379 g/mol. The lowest BCUT2D eigenvalue weighted by atomic mass is 10.1. The molecule has 0 aliphatic carbocycles. The van der Waals surface area contributed by atoms with Crippen molar-refractivity contribution in [1.29, 1.82) is 0 Å². The standard InChI is InChI=1S/C20H14FN3O2S/c21-14-6-3-5-13(10-14)19(26)22-11-17(25)23-20-24-18-15-7-2-1-4-12(15)8-9-16(18)27-20/h1-10H,11H2,(H,22,26)(H,23,24,25). The Morgan fingerprint density at radius 2 is 1.89 bits per heavy atom. The first-order valence-corrected chi connectivity index (χ1v) is 9.04. The van der Waals surface area contributed by atoms with Crippen molar-refractivity contribution in [3.8, 4) is 0 Å². The lowest BCUT2D eigenvalue weighted by Crippen LogP contribution is -2.32. The largest absolute Gasteiger partial charge is 0.343 e. The number of carbonyl (C=O) groups excluding carboxylic acids is 2. The van der Waals surface area contributed by atoms with Crippen molar-refractivity contribution in [1.82, 2.24) is 10.3 Å². The summed E-state index contributed by atoms with van der Waals surface area (Å²) in [5.74, 6) is -1.42. The van der Waals surface area contributed by atoms with Crippen molar-refractivity contribution in [2.75, 3.05) is 11.9 Å². The molecule has 5 nitrogen and oxygen atoms in total. The lowest BCUT2D eigenvalue weighted by molar-refractivity contribution is -0.115. The predicted octanol–water partition coefficient (Wildman–Crippen LogP) is 3.96. The number of carbonyl (C=O) groups is 2. The van der Waals surface area contributed by atoms with Gasteiger partial charge in [-0.3, -0.25) is 9.59 Å². The minimum Gasteiger partial charge on any atom is -0.343 e. The van der Waals surface area contributed by atoms with Crippen LogP contribution >= 0.6 is 11.3 Å². The van der Waals surface area contributed by atoms with Gasteiger partial charge in [0, 0.05) is 10.9 Å². The molecule has 0 fully saturated rings. The van der Waals surface area contributed by atoms with Gasteiger partial charge in [-0.2, -0.15) is 0 Å². The number of anilines is 1. The maximum atomic E-state index is 13.2. The Morgan fingerprint density at radius 1 is 1.04 bits per heavy atom. The minimum absolute atomic E-state index is 0.161. The molecule has 0 atom stereocenters. The summed E-state index contributed by atoms with van der Waals surface area (Å²) in [4.78, 5) is 28.6. The number of rotatable bonds is 4. The SMILES string of the molecule is O=C(CNC(=O)c1cccc(F)c1)Nc1nc2c(ccc3ccccc32)s1. The Kier molecular flexibility index (Phi) is 4.52. The molecule has 2 amide bonds. The quantitative estimate of drug-likeness (QED) is 0.564. The highest BCUT2D eigenvalue weighted by atomic mass is 32.1. The van der Waals surface area contributed by atoms with E-state index in [4.69, 9.17) is 0 Å². The predicted molar refractivity (Wildman–Crippen MR) is 104 cm³/mol. The third kappa shape index (κ3) is 3.63. The lowest BCUT2D eigenvalue weighted by Gasteiger charge is -2.05. The maximum Gasteiger partial charge on any atom is 0.251 e. The van der Waals surface area contributed by atoms with Gasteiger partial charge in [0.05, 0.1) is 16.8 Å². The molecule has 7 heteroatoms. The van der Waals surface area contributed by atoms with Crippen LogP contribution in [0.4, 0.5) is 9.52 Å². The van der Waals surface area contributed by atoms with E-state index in [9.17, 15) is 14.0 Å². The van der Waals surface area contributed by atoms with Crippen molar-refractivity contribution < 1.29 is 14.0 Å². The van der Waals surface area contributed by atoms with Gasteiger partial charge >= 0.3 is 0 Å². The van der Waals surface area contributed by atoms with E-state index in [0.717, 1.165) is 27.1 Å². The van der Waals surface area contributed by atoms with Gasteiger partial charge < -0.3 is 10.6 Å². The van der Waals surface area contributed by atoms with Crippen LogP contribution in [-0.2, 0) is 4.79 Å². The normalized spacial score (nSPS) is 10.9. The minimum atomic E-state index is -0.514. The Balaban J connectivity index is 1.45. The Morgan fingerprint density at radius 3 is 2.74 bits per heavy atom. The van der Waals surface area contributed by atoms with Crippen molar-refractivity contribution in [2.24, 2.45) is 0 Å². The molecule has 0 spiro atoms. The van der Waals surface area contributed by atoms with Gasteiger partial charge in [0.15, 0.2) is 5.13 Å². The fraction of sp³-hybridized carbons (Fsp3) is 0.0500. The summed E-state index contributed by atoms with van der Waals surface area (Å²) in [5, 5.41) is 7.73. The summed E-state index contributed by atoms with van der Waals surface area (Å²) in [7, 11) is 0. The van der Waals surface area contributed by atoms with Crippen molar-refractivity contribution in [3.63, 3.8) is 0 Å². The first kappa shape index (κ1) is 17.1. The van der Waals surface area contributed by atoms with Gasteiger partial charge in [-0.25, -0.2) is 9.37 Å². The summed E-state index contributed by atoms with van der Waals surface area (Å²) in [6.45, 7) is -0.230. The molecule has 0 saturated carbocycles. The van der Waals surface area contributed by atoms with E-state index in [-0.39, 0.29) is 12.1 Å². The highest BCUT2D eigenvalue weighted by molar-refractivity contribution is 7.22. The summed E-state index contributed by atoms with van der Waals surface area (Å²) < 4.78 is 14.1. The van der Waals surface area contributed by atoms with E-state index in [1.165, 1.54) is 29.5 Å². The van der Waals surface area contributed by atoms with Crippen molar-refractivity contribution >= 4 is 49.3 Å². The molecule has 0 unspecified atom stereocenters. The van der Waals surface area contributed by atoms with E-state index < -0.39 is 17.6 Å². The second-order valence-electron chi connectivity index (χ2n) is 5.89. The van der Waals surface area contributed by atoms with Crippen LogP contribution in [0, 0.1) is 5.82 Å². The maximum absolute atomic E-state index is 13.2. The van der Waals surface area contributed by atoms with Crippen LogP contribution in [0.5, 0.6) is 0 Å². The summed E-state index contributed by atoms with van der Waals surface area (Å²) in [5.41, 5.74) is 0.992. The van der Waals surface area contributed by atoms with Crippen LogP contribution < -0.4 is 10.6 Å². The zero-order valence-corrected chi connectivity index (χ0v) is 14.8. The highest BCUT2D eigenvalue weighted by Gasteiger charge is 2.12. The molecule has 4 rings (SSSR count). The second kappa shape index (κ2) is 7.13. The number of amides is 2. The molecule has 0 radical (unpaired) electrons. The molecule has 1 aromatic heterocycles. The Hall–Kier alpha value is -3.32. The molecule has 0 aliphatic rings. The third-order valence-corrected chi connectivity index (χ3v) is 4.96. The number of nitrogens with one attached hydrogen (secondary N) is 2. The van der Waals surface area contributed by atoms with Gasteiger partial charge in [0.2, 0.25) is 5.91 Å². The smallest absolute Gasteiger partial charge is 0.251 e. The summed E-state index contributed by atoms with van der Waals surface area (Å²) in [6, 6.07) is 17.2. The van der Waals surface area contributed by atoms with Crippen LogP contribution in [0.15, 0.2) is 60.7 Å². The number of halogens is 1. The van der Waals surface area contributed by atoms with Gasteiger partial charge in [0.1, 0.15) is 5.82 Å². The molecule has 0 saturated heterocycles. The van der Waals surface area contributed by atoms with E-state index in [0.29, 0.717) is 5.13 Å². The molecule has 3 aromatic carbocycles. The fourth-order valence-corrected chi connectivity index (χ4v) is 3.67.